The van der Waals surface area contributed by atoms with Gasteiger partial charge in [0.2, 0.25) is 17.7 Å². The molecule has 6 N–H and O–H groups in total. The molecule has 1 rings (SSSR count). The van der Waals surface area contributed by atoms with Gasteiger partial charge in [-0.2, -0.15) is 0 Å². The molecule has 11 heteroatoms. The Kier molecular flexibility index (Phi) is 15.6. The van der Waals surface area contributed by atoms with E-state index in [4.69, 9.17) is 4.74 Å². The van der Waals surface area contributed by atoms with Crippen LogP contribution in [0, 0.1) is 17.8 Å². The van der Waals surface area contributed by atoms with E-state index in [-0.39, 0.29) is 5.92 Å². The fraction of sp³-hybridized carbons (Fsp3) is 0.857. The molecule has 0 aromatic heterocycles. The lowest BCUT2D eigenvalue weighted by Gasteiger charge is -2.32. The van der Waals surface area contributed by atoms with Crippen LogP contribution in [0.4, 0.5) is 0 Å². The van der Waals surface area contributed by atoms with Gasteiger partial charge in [-0.05, 0) is 25.7 Å². The fourth-order valence-corrected chi connectivity index (χ4v) is 4.70. The van der Waals surface area contributed by atoms with Gasteiger partial charge in [0, 0.05) is 5.92 Å². The second kappa shape index (κ2) is 17.5. The summed E-state index contributed by atoms with van der Waals surface area (Å²) >= 11 is 0. The van der Waals surface area contributed by atoms with Crippen LogP contribution in [0.5, 0.6) is 0 Å². The zero-order valence-corrected chi connectivity index (χ0v) is 24.4. The van der Waals surface area contributed by atoms with Crippen molar-refractivity contribution in [2.24, 2.45) is 17.8 Å². The van der Waals surface area contributed by atoms with Crippen molar-refractivity contribution in [1.82, 2.24) is 16.0 Å². The maximum atomic E-state index is 13.1. The maximum Gasteiger partial charge on any atom is 0.331 e. The molecular formula is C28H51N3O8. The molecular weight excluding hydrogens is 506 g/mol. The zero-order chi connectivity index (χ0) is 29.7. The average molecular weight is 558 g/mol. The molecule has 39 heavy (non-hydrogen) atoms. The van der Waals surface area contributed by atoms with E-state index in [0.717, 1.165) is 38.5 Å². The van der Waals surface area contributed by atoms with Crippen LogP contribution in [0.25, 0.3) is 0 Å². The fourth-order valence-electron chi connectivity index (χ4n) is 4.70. The lowest BCUT2D eigenvalue weighted by Crippen LogP contribution is -2.60. The largest absolute Gasteiger partial charge is 0.460 e. The summed E-state index contributed by atoms with van der Waals surface area (Å²) in [6, 6.07) is -3.94. The number of rotatable bonds is 11. The summed E-state index contributed by atoms with van der Waals surface area (Å²) in [5.41, 5.74) is 0. The number of aliphatic hydroxyl groups is 3. The summed E-state index contributed by atoms with van der Waals surface area (Å²) in [5, 5.41) is 38.6. The van der Waals surface area contributed by atoms with E-state index in [9.17, 15) is 34.5 Å². The molecule has 0 radical (unpaired) electrons. The SMILES string of the molecule is CCCCCCCCC[C@H]1OC(=O)[C@@H](CO)NC(=O)[C@@H]([C@@H](C)O)NC(=O)[C@@H](C(C)C)NC(=O)[C@@H](C)[C@@H](O)[C@H]1C. The molecule has 0 aliphatic carbocycles. The number of nitrogens with one attached hydrogen (secondary N) is 3. The first kappa shape index (κ1) is 34.8. The van der Waals surface area contributed by atoms with Crippen molar-refractivity contribution in [2.45, 2.75) is 129 Å². The maximum absolute atomic E-state index is 13.1. The molecule has 1 saturated heterocycles. The number of esters is 1. The molecule has 1 aliphatic heterocycles. The Morgan fingerprint density at radius 2 is 1.36 bits per heavy atom. The van der Waals surface area contributed by atoms with Crippen molar-refractivity contribution < 1.29 is 39.2 Å². The van der Waals surface area contributed by atoms with Crippen LogP contribution in [-0.4, -0.2) is 82.1 Å². The van der Waals surface area contributed by atoms with Crippen molar-refractivity contribution in [3.05, 3.63) is 0 Å². The quantitative estimate of drug-likeness (QED) is 0.162. The van der Waals surface area contributed by atoms with Gasteiger partial charge in [0.05, 0.1) is 24.7 Å². The number of carbonyl (C=O) groups is 4. The molecule has 1 fully saturated rings. The van der Waals surface area contributed by atoms with Gasteiger partial charge in [-0.1, -0.05) is 73.1 Å². The molecule has 1 heterocycles. The number of ether oxygens (including phenoxy) is 1. The predicted molar refractivity (Wildman–Crippen MR) is 146 cm³/mol. The number of aliphatic hydroxyl groups excluding tert-OH is 3. The van der Waals surface area contributed by atoms with Crippen molar-refractivity contribution in [3.63, 3.8) is 0 Å². The Morgan fingerprint density at radius 1 is 0.821 bits per heavy atom. The highest BCUT2D eigenvalue weighted by Gasteiger charge is 2.39. The first-order chi connectivity index (χ1) is 18.3. The van der Waals surface area contributed by atoms with Gasteiger partial charge < -0.3 is 36.0 Å². The number of hydrogen-bond acceptors (Lipinski definition) is 8. The average Bonchev–Trinajstić information content (AvgIpc) is 2.89. The first-order valence-corrected chi connectivity index (χ1v) is 14.4. The summed E-state index contributed by atoms with van der Waals surface area (Å²) in [6.07, 6.45) is 4.42. The Balaban J connectivity index is 3.27. The smallest absolute Gasteiger partial charge is 0.331 e. The van der Waals surface area contributed by atoms with Gasteiger partial charge in [-0.3, -0.25) is 14.4 Å². The molecule has 0 aromatic carbocycles. The van der Waals surface area contributed by atoms with Gasteiger partial charge in [0.25, 0.3) is 0 Å². The van der Waals surface area contributed by atoms with Crippen LogP contribution >= 0.6 is 0 Å². The Bertz CT molecular complexity index is 791. The van der Waals surface area contributed by atoms with Gasteiger partial charge in [0.1, 0.15) is 18.2 Å². The van der Waals surface area contributed by atoms with E-state index in [1.54, 1.807) is 20.8 Å². The van der Waals surface area contributed by atoms with Crippen LogP contribution in [0.15, 0.2) is 0 Å². The molecule has 1 aliphatic rings. The Morgan fingerprint density at radius 3 is 1.90 bits per heavy atom. The van der Waals surface area contributed by atoms with Crippen LogP contribution in [-0.2, 0) is 23.9 Å². The minimum Gasteiger partial charge on any atom is -0.460 e. The van der Waals surface area contributed by atoms with Crippen LogP contribution < -0.4 is 16.0 Å². The van der Waals surface area contributed by atoms with Gasteiger partial charge in [-0.15, -0.1) is 0 Å². The summed E-state index contributed by atoms with van der Waals surface area (Å²) in [4.78, 5) is 52.1. The molecule has 0 saturated carbocycles. The summed E-state index contributed by atoms with van der Waals surface area (Å²) < 4.78 is 5.71. The van der Waals surface area contributed by atoms with Crippen molar-refractivity contribution in [3.8, 4) is 0 Å². The topological polar surface area (TPSA) is 174 Å². The lowest BCUT2D eigenvalue weighted by molar-refractivity contribution is -0.160. The molecule has 0 spiro atoms. The van der Waals surface area contributed by atoms with Crippen LogP contribution in [0.3, 0.4) is 0 Å². The summed E-state index contributed by atoms with van der Waals surface area (Å²) in [6.45, 7) is 9.34. The highest BCUT2D eigenvalue weighted by molar-refractivity contribution is 5.94. The van der Waals surface area contributed by atoms with E-state index in [1.165, 1.54) is 20.3 Å². The lowest BCUT2D eigenvalue weighted by atomic mass is 9.86. The molecule has 0 aromatic rings. The minimum atomic E-state index is -1.45. The van der Waals surface area contributed by atoms with Crippen molar-refractivity contribution >= 4 is 23.7 Å². The molecule has 0 unspecified atom stereocenters. The van der Waals surface area contributed by atoms with Crippen molar-refractivity contribution in [1.29, 1.82) is 0 Å². The molecule has 3 amide bonds. The minimum absolute atomic E-state index is 0.371. The number of carbonyl (C=O) groups excluding carboxylic acids is 4. The Hall–Kier alpha value is -2.24. The van der Waals surface area contributed by atoms with Crippen molar-refractivity contribution in [2.75, 3.05) is 6.61 Å². The number of unbranched alkanes of at least 4 members (excludes halogenated alkanes) is 6. The second-order valence-corrected chi connectivity index (χ2v) is 11.2. The monoisotopic (exact) mass is 557 g/mol. The predicted octanol–water partition coefficient (Wildman–Crippen LogP) is 1.17. The van der Waals surface area contributed by atoms with Gasteiger partial charge in [-0.25, -0.2) is 4.79 Å². The summed E-state index contributed by atoms with van der Waals surface area (Å²) in [7, 11) is 0. The normalized spacial score (nSPS) is 30.5. The first-order valence-electron chi connectivity index (χ1n) is 14.4. The van der Waals surface area contributed by atoms with E-state index in [2.05, 4.69) is 22.9 Å². The van der Waals surface area contributed by atoms with E-state index < -0.39 is 78.6 Å². The zero-order valence-electron chi connectivity index (χ0n) is 24.4. The van der Waals surface area contributed by atoms with Gasteiger partial charge >= 0.3 is 5.97 Å². The molecule has 0 bridgehead atoms. The molecule has 226 valence electrons. The number of amides is 3. The number of cyclic esters (lactones) is 1. The third-order valence-corrected chi connectivity index (χ3v) is 7.50. The van der Waals surface area contributed by atoms with E-state index in [1.807, 2.05) is 0 Å². The van der Waals surface area contributed by atoms with Gasteiger partial charge in [0.15, 0.2) is 6.04 Å². The third kappa shape index (κ3) is 11.0. The highest BCUT2D eigenvalue weighted by Crippen LogP contribution is 2.25. The molecule has 8 atom stereocenters. The van der Waals surface area contributed by atoms with E-state index in [0.29, 0.717) is 6.42 Å². The summed E-state index contributed by atoms with van der Waals surface area (Å²) in [5.74, 6) is -5.01. The molecule has 11 nitrogen and oxygen atoms in total. The third-order valence-electron chi connectivity index (χ3n) is 7.50. The number of hydrogen-bond donors (Lipinski definition) is 6. The van der Waals surface area contributed by atoms with Crippen LogP contribution in [0.2, 0.25) is 0 Å². The second-order valence-electron chi connectivity index (χ2n) is 11.2. The van der Waals surface area contributed by atoms with E-state index >= 15 is 0 Å². The Labute approximate surface area is 232 Å². The standard InChI is InChI=1S/C28H51N3O8/c1-7-8-9-10-11-12-13-14-21-17(4)24(34)18(5)25(35)30-22(16(2)3)26(36)31-23(19(6)33)27(37)29-20(15-32)28(38)39-21/h16-24,32-34H,7-15H2,1-6H3,(H,29,37)(H,30,35)(H,31,36)/t17-,18-,19+,20+,21+,22+,23+,24-/m0/s1. The highest BCUT2D eigenvalue weighted by atomic mass is 16.5. The van der Waals surface area contributed by atoms with Crippen LogP contribution in [0.1, 0.15) is 92.9 Å².